The smallest absolute Gasteiger partial charge is 0.191 e. The van der Waals surface area contributed by atoms with Gasteiger partial charge in [0.25, 0.3) is 0 Å². The summed E-state index contributed by atoms with van der Waals surface area (Å²) in [5, 5.41) is 9.28. The normalized spacial score (nSPS) is 10.5. The standard InChI is InChI=1S/C13H14BrN3OS/c1-9(14)8-19-13-16-15-12(17(13)2)10-4-6-11(18-3)7-5-10/h4-7H,1,8H2,2-3H3. The molecule has 1 heterocycles. The first-order valence-electron chi connectivity index (χ1n) is 5.61. The highest BCUT2D eigenvalue weighted by atomic mass is 79.9. The fourth-order valence-corrected chi connectivity index (χ4v) is 2.58. The van der Waals surface area contributed by atoms with Gasteiger partial charge in [-0.15, -0.1) is 10.2 Å². The Bertz CT molecular complexity index is 580. The van der Waals surface area contributed by atoms with Crippen molar-refractivity contribution in [2.75, 3.05) is 12.9 Å². The van der Waals surface area contributed by atoms with E-state index in [-0.39, 0.29) is 0 Å². The van der Waals surface area contributed by atoms with Gasteiger partial charge in [0.1, 0.15) is 5.75 Å². The molecule has 0 aliphatic heterocycles. The Kier molecular flexibility index (Phi) is 4.66. The maximum absolute atomic E-state index is 5.14. The van der Waals surface area contributed by atoms with Crippen LogP contribution in [-0.2, 0) is 7.05 Å². The molecule has 100 valence electrons. The summed E-state index contributed by atoms with van der Waals surface area (Å²) < 4.78 is 8.05. The van der Waals surface area contributed by atoms with Gasteiger partial charge in [0, 0.05) is 18.4 Å². The zero-order valence-electron chi connectivity index (χ0n) is 10.8. The predicted octanol–water partition coefficient (Wildman–Crippen LogP) is 3.49. The van der Waals surface area contributed by atoms with Gasteiger partial charge in [0.15, 0.2) is 11.0 Å². The maximum Gasteiger partial charge on any atom is 0.191 e. The third-order valence-electron chi connectivity index (χ3n) is 2.54. The summed E-state index contributed by atoms with van der Waals surface area (Å²) in [5.74, 6) is 2.44. The second-order valence-corrected chi connectivity index (χ2v) is 5.96. The van der Waals surface area contributed by atoms with E-state index in [0.29, 0.717) is 0 Å². The van der Waals surface area contributed by atoms with Gasteiger partial charge in [0.2, 0.25) is 0 Å². The summed E-state index contributed by atoms with van der Waals surface area (Å²) in [7, 11) is 3.61. The topological polar surface area (TPSA) is 39.9 Å². The summed E-state index contributed by atoms with van der Waals surface area (Å²) in [6.45, 7) is 3.81. The molecule has 19 heavy (non-hydrogen) atoms. The van der Waals surface area contributed by atoms with Crippen molar-refractivity contribution in [3.8, 4) is 17.1 Å². The number of halogens is 1. The Morgan fingerprint density at radius 1 is 1.37 bits per heavy atom. The summed E-state index contributed by atoms with van der Waals surface area (Å²) in [5.41, 5.74) is 1.01. The zero-order chi connectivity index (χ0) is 13.8. The van der Waals surface area contributed by atoms with Gasteiger partial charge in [-0.25, -0.2) is 0 Å². The van der Waals surface area contributed by atoms with E-state index in [4.69, 9.17) is 4.74 Å². The lowest BCUT2D eigenvalue weighted by Gasteiger charge is -2.04. The molecule has 0 unspecified atom stereocenters. The third-order valence-corrected chi connectivity index (χ3v) is 4.30. The van der Waals surface area contributed by atoms with Crippen molar-refractivity contribution in [3.05, 3.63) is 35.3 Å². The first kappa shape index (κ1) is 14.1. The zero-order valence-corrected chi connectivity index (χ0v) is 13.2. The van der Waals surface area contributed by atoms with Crippen molar-refractivity contribution < 1.29 is 4.74 Å². The number of hydrogen-bond donors (Lipinski definition) is 0. The number of benzene rings is 1. The van der Waals surface area contributed by atoms with Gasteiger partial charge in [-0.3, -0.25) is 0 Å². The molecule has 0 amide bonds. The van der Waals surface area contributed by atoms with Gasteiger partial charge in [-0.1, -0.05) is 34.3 Å². The molecule has 4 nitrogen and oxygen atoms in total. The van der Waals surface area contributed by atoms with E-state index in [2.05, 4.69) is 32.7 Å². The van der Waals surface area contributed by atoms with Gasteiger partial charge in [0.05, 0.1) is 7.11 Å². The van der Waals surface area contributed by atoms with E-state index >= 15 is 0 Å². The van der Waals surface area contributed by atoms with Crippen LogP contribution in [0.4, 0.5) is 0 Å². The molecule has 0 atom stereocenters. The van der Waals surface area contributed by atoms with Crippen LogP contribution in [0.25, 0.3) is 11.4 Å². The molecule has 0 saturated carbocycles. The summed E-state index contributed by atoms with van der Waals surface area (Å²) in [6, 6.07) is 7.77. The van der Waals surface area contributed by atoms with Crippen molar-refractivity contribution in [3.63, 3.8) is 0 Å². The van der Waals surface area contributed by atoms with Crippen LogP contribution in [0, 0.1) is 0 Å². The molecule has 0 spiro atoms. The predicted molar refractivity (Wildman–Crippen MR) is 81.8 cm³/mol. The lowest BCUT2D eigenvalue weighted by Crippen LogP contribution is -1.95. The molecule has 6 heteroatoms. The van der Waals surface area contributed by atoms with Crippen LogP contribution in [0.5, 0.6) is 5.75 Å². The van der Waals surface area contributed by atoms with E-state index in [1.165, 1.54) is 0 Å². The van der Waals surface area contributed by atoms with Crippen molar-refractivity contribution in [2.45, 2.75) is 5.16 Å². The molecule has 1 aromatic heterocycles. The Morgan fingerprint density at radius 3 is 2.63 bits per heavy atom. The Balaban J connectivity index is 2.22. The minimum Gasteiger partial charge on any atom is -0.497 e. The number of nitrogens with zero attached hydrogens (tertiary/aromatic N) is 3. The van der Waals surface area contributed by atoms with E-state index in [9.17, 15) is 0 Å². The van der Waals surface area contributed by atoms with E-state index in [1.807, 2.05) is 35.9 Å². The number of thioether (sulfide) groups is 1. The van der Waals surface area contributed by atoms with Gasteiger partial charge in [-0.05, 0) is 28.7 Å². The lowest BCUT2D eigenvalue weighted by molar-refractivity contribution is 0.415. The van der Waals surface area contributed by atoms with Gasteiger partial charge < -0.3 is 9.30 Å². The van der Waals surface area contributed by atoms with Crippen molar-refractivity contribution in [2.24, 2.45) is 7.05 Å². The number of ether oxygens (including phenoxy) is 1. The molecule has 0 bridgehead atoms. The summed E-state index contributed by atoms with van der Waals surface area (Å²) >= 11 is 4.93. The van der Waals surface area contributed by atoms with Crippen LogP contribution in [0.15, 0.2) is 40.5 Å². The molecule has 0 radical (unpaired) electrons. The maximum atomic E-state index is 5.14. The number of aromatic nitrogens is 3. The molecular weight excluding hydrogens is 326 g/mol. The first-order chi connectivity index (χ1) is 9.11. The van der Waals surface area contributed by atoms with Crippen LogP contribution in [0.1, 0.15) is 0 Å². The Labute approximate surface area is 125 Å². The van der Waals surface area contributed by atoms with Crippen LogP contribution in [-0.4, -0.2) is 27.6 Å². The van der Waals surface area contributed by atoms with Crippen molar-refractivity contribution in [1.82, 2.24) is 14.8 Å². The summed E-state index contributed by atoms with van der Waals surface area (Å²) in [4.78, 5) is 0. The third kappa shape index (κ3) is 3.39. The monoisotopic (exact) mass is 339 g/mol. The fraction of sp³-hybridized carbons (Fsp3) is 0.231. The molecule has 2 rings (SSSR count). The Hall–Kier alpha value is -1.27. The first-order valence-corrected chi connectivity index (χ1v) is 7.39. The molecular formula is C13H14BrN3OS. The van der Waals surface area contributed by atoms with E-state index < -0.39 is 0 Å². The second-order valence-electron chi connectivity index (χ2n) is 3.90. The quantitative estimate of drug-likeness (QED) is 0.781. The van der Waals surface area contributed by atoms with Crippen molar-refractivity contribution in [1.29, 1.82) is 0 Å². The average Bonchev–Trinajstić information content (AvgIpc) is 2.78. The molecule has 0 aliphatic carbocycles. The van der Waals surface area contributed by atoms with E-state index in [1.54, 1.807) is 18.9 Å². The minimum atomic E-state index is 0.772. The van der Waals surface area contributed by atoms with Crippen LogP contribution < -0.4 is 4.74 Å². The highest BCUT2D eigenvalue weighted by Crippen LogP contribution is 2.25. The molecule has 0 fully saturated rings. The summed E-state index contributed by atoms with van der Waals surface area (Å²) in [6.07, 6.45) is 0. The molecule has 0 saturated heterocycles. The minimum absolute atomic E-state index is 0.772. The Morgan fingerprint density at radius 2 is 2.05 bits per heavy atom. The van der Waals surface area contributed by atoms with Gasteiger partial charge >= 0.3 is 0 Å². The molecule has 2 aromatic rings. The molecule has 0 N–H and O–H groups in total. The van der Waals surface area contributed by atoms with Gasteiger partial charge in [-0.2, -0.15) is 0 Å². The van der Waals surface area contributed by atoms with Crippen LogP contribution in [0.2, 0.25) is 0 Å². The van der Waals surface area contributed by atoms with Crippen molar-refractivity contribution >= 4 is 27.7 Å². The van der Waals surface area contributed by atoms with E-state index in [0.717, 1.165) is 32.5 Å². The van der Waals surface area contributed by atoms with Crippen LogP contribution in [0.3, 0.4) is 0 Å². The van der Waals surface area contributed by atoms with Crippen LogP contribution >= 0.6 is 27.7 Å². The molecule has 1 aromatic carbocycles. The fourth-order valence-electron chi connectivity index (χ4n) is 1.57. The number of rotatable bonds is 5. The molecule has 0 aliphatic rings. The number of hydrogen-bond acceptors (Lipinski definition) is 4. The highest BCUT2D eigenvalue weighted by Gasteiger charge is 2.11. The largest absolute Gasteiger partial charge is 0.497 e. The lowest BCUT2D eigenvalue weighted by atomic mass is 10.2. The second kappa shape index (κ2) is 6.25. The number of methoxy groups -OCH3 is 1. The average molecular weight is 340 g/mol. The SMILES string of the molecule is C=C(Br)CSc1nnc(-c2ccc(OC)cc2)n1C. The highest BCUT2D eigenvalue weighted by molar-refractivity contribution is 9.11.